The Hall–Kier alpha value is -1.07. The van der Waals surface area contributed by atoms with Crippen molar-refractivity contribution in [3.05, 3.63) is 12.7 Å². The van der Waals surface area contributed by atoms with Crippen molar-refractivity contribution in [2.45, 2.75) is 27.7 Å². The molecule has 2 N–H and O–H groups in total. The molecule has 0 heterocycles. The highest BCUT2D eigenvalue weighted by molar-refractivity contribution is 5.64. The van der Waals surface area contributed by atoms with Gasteiger partial charge < -0.3 is 10.5 Å². The van der Waals surface area contributed by atoms with E-state index in [4.69, 9.17) is 9.78 Å². The number of hydrogen-bond donors (Lipinski definition) is 1. The molecule has 0 aromatic carbocycles. The molecule has 0 rings (SSSR count). The van der Waals surface area contributed by atoms with Crippen LogP contribution in [0, 0.1) is 11.8 Å². The molecule has 0 aliphatic carbocycles. The summed E-state index contributed by atoms with van der Waals surface area (Å²) in [7, 11) is 0. The van der Waals surface area contributed by atoms with Crippen LogP contribution in [-0.4, -0.2) is 25.9 Å². The van der Waals surface area contributed by atoms with Gasteiger partial charge in [-0.2, -0.15) is 0 Å². The fraction of sp³-hybridized carbons (Fsp3) is 0.750. The van der Waals surface area contributed by atoms with Crippen LogP contribution in [0.25, 0.3) is 0 Å². The molecule has 0 saturated carbocycles. The lowest BCUT2D eigenvalue weighted by Gasteiger charge is -2.07. The Morgan fingerprint density at radius 3 is 1.76 bits per heavy atom. The van der Waals surface area contributed by atoms with Crippen LogP contribution in [0.5, 0.6) is 0 Å². The average Bonchev–Trinajstić information content (AvgIpc) is 2.22. The van der Waals surface area contributed by atoms with Gasteiger partial charge in [0.15, 0.2) is 0 Å². The smallest absolute Gasteiger partial charge is 0.404 e. The van der Waals surface area contributed by atoms with E-state index in [2.05, 4.69) is 44.7 Å². The van der Waals surface area contributed by atoms with Crippen molar-refractivity contribution in [3.8, 4) is 0 Å². The number of primary amides is 1. The van der Waals surface area contributed by atoms with Crippen molar-refractivity contribution in [2.24, 2.45) is 17.6 Å². The lowest BCUT2D eigenvalue weighted by molar-refractivity contribution is -0.304. The topological polar surface area (TPSA) is 70.8 Å². The maximum Gasteiger partial charge on any atom is 0.404 e. The first-order chi connectivity index (χ1) is 7.90. The number of nitrogens with two attached hydrogens (primary N) is 1. The number of amides is 1. The van der Waals surface area contributed by atoms with Crippen LogP contribution in [0.1, 0.15) is 27.7 Å². The van der Waals surface area contributed by atoms with Crippen molar-refractivity contribution < 1.29 is 19.3 Å². The second kappa shape index (κ2) is 13.0. The third kappa shape index (κ3) is 25.3. The Morgan fingerprint density at radius 2 is 1.59 bits per heavy atom. The number of hydrogen-bond acceptors (Lipinski definition) is 4. The van der Waals surface area contributed by atoms with E-state index in [0.717, 1.165) is 0 Å². The lowest BCUT2D eigenvalue weighted by Crippen LogP contribution is -2.12. The third-order valence-corrected chi connectivity index (χ3v) is 1.23. The summed E-state index contributed by atoms with van der Waals surface area (Å²) >= 11 is 0. The zero-order valence-corrected chi connectivity index (χ0v) is 11.3. The van der Waals surface area contributed by atoms with Crippen LogP contribution >= 0.6 is 0 Å². The van der Waals surface area contributed by atoms with Gasteiger partial charge in [-0.25, -0.2) is 14.6 Å². The third-order valence-electron chi connectivity index (χ3n) is 1.23. The van der Waals surface area contributed by atoms with Gasteiger partial charge in [0.05, 0.1) is 13.2 Å². The molecule has 0 aliphatic rings. The molecule has 17 heavy (non-hydrogen) atoms. The minimum Gasteiger partial charge on any atom is -0.445 e. The van der Waals surface area contributed by atoms with Crippen molar-refractivity contribution in [3.63, 3.8) is 0 Å². The normalized spacial score (nSPS) is 9.76. The van der Waals surface area contributed by atoms with Gasteiger partial charge in [-0.3, -0.25) is 0 Å². The second-order valence-electron chi connectivity index (χ2n) is 4.28. The fourth-order valence-corrected chi connectivity index (χ4v) is 0.509. The van der Waals surface area contributed by atoms with E-state index >= 15 is 0 Å². The Bertz CT molecular complexity index is 183. The lowest BCUT2D eigenvalue weighted by atomic mass is 10.2. The quantitative estimate of drug-likeness (QED) is 0.325. The first-order valence-corrected chi connectivity index (χ1v) is 5.67. The average molecular weight is 247 g/mol. The fourth-order valence-electron chi connectivity index (χ4n) is 0.509. The Morgan fingerprint density at radius 1 is 1.18 bits per heavy atom. The van der Waals surface area contributed by atoms with E-state index in [9.17, 15) is 4.79 Å². The minimum atomic E-state index is -0.764. The second-order valence-corrected chi connectivity index (χ2v) is 4.28. The molecule has 5 nitrogen and oxygen atoms in total. The first-order valence-electron chi connectivity index (χ1n) is 5.67. The molecule has 0 fully saturated rings. The van der Waals surface area contributed by atoms with Crippen molar-refractivity contribution in [1.29, 1.82) is 0 Å². The number of carbonyl (C=O) groups excluding carboxylic acids is 1. The summed E-state index contributed by atoms with van der Waals surface area (Å²) in [5, 5.41) is 0. The van der Waals surface area contributed by atoms with Crippen LogP contribution in [0.4, 0.5) is 4.79 Å². The summed E-state index contributed by atoms with van der Waals surface area (Å²) in [6.45, 7) is 13.2. The van der Waals surface area contributed by atoms with E-state index < -0.39 is 6.09 Å². The predicted octanol–water partition coefficient (Wildman–Crippen LogP) is 2.51. The molecule has 0 aromatic rings. The molecule has 0 aromatic heterocycles. The molecule has 0 radical (unpaired) electrons. The van der Waals surface area contributed by atoms with Gasteiger partial charge in [0.25, 0.3) is 0 Å². The largest absolute Gasteiger partial charge is 0.445 e. The number of ether oxygens (including phenoxy) is 1. The van der Waals surface area contributed by atoms with E-state index in [1.165, 1.54) is 6.08 Å². The molecular formula is C12H25NO4. The van der Waals surface area contributed by atoms with Gasteiger partial charge in [0.1, 0.15) is 6.61 Å². The van der Waals surface area contributed by atoms with Crippen LogP contribution in [0.3, 0.4) is 0 Å². The number of rotatable bonds is 7. The standard InChI is InChI=1S/C8H18O2.C4H7NO2/c1-7(2)5-9-10-6-8(3)4;1-2-3-7-4(5)6/h7-8H,5-6H2,1-4H3;2H,1,3H2,(H2,5,6). The van der Waals surface area contributed by atoms with Gasteiger partial charge in [0, 0.05) is 0 Å². The van der Waals surface area contributed by atoms with Crippen LogP contribution in [0.15, 0.2) is 12.7 Å². The molecule has 0 unspecified atom stereocenters. The molecule has 0 aliphatic heterocycles. The highest BCUT2D eigenvalue weighted by atomic mass is 17.2. The maximum absolute atomic E-state index is 9.71. The summed E-state index contributed by atoms with van der Waals surface area (Å²) in [6, 6.07) is 0. The van der Waals surface area contributed by atoms with Crippen LogP contribution in [0.2, 0.25) is 0 Å². The van der Waals surface area contributed by atoms with Gasteiger partial charge in [-0.1, -0.05) is 40.3 Å². The van der Waals surface area contributed by atoms with Crippen LogP contribution in [-0.2, 0) is 14.5 Å². The highest BCUT2D eigenvalue weighted by Gasteiger charge is 1.96. The van der Waals surface area contributed by atoms with Gasteiger partial charge in [0.2, 0.25) is 0 Å². The monoisotopic (exact) mass is 247 g/mol. The molecule has 0 spiro atoms. The Balaban J connectivity index is 0. The van der Waals surface area contributed by atoms with Gasteiger partial charge in [-0.15, -0.1) is 0 Å². The maximum atomic E-state index is 9.71. The SMILES string of the molecule is C=CCOC(N)=O.CC(C)COOCC(C)C. The zero-order chi connectivity index (χ0) is 13.7. The van der Waals surface area contributed by atoms with E-state index in [-0.39, 0.29) is 6.61 Å². The highest BCUT2D eigenvalue weighted by Crippen LogP contribution is 1.96. The Labute approximate surface area is 104 Å². The summed E-state index contributed by atoms with van der Waals surface area (Å²) in [4.78, 5) is 19.5. The van der Waals surface area contributed by atoms with Gasteiger partial charge in [-0.05, 0) is 11.8 Å². The van der Waals surface area contributed by atoms with E-state index in [0.29, 0.717) is 25.0 Å². The van der Waals surface area contributed by atoms with Gasteiger partial charge >= 0.3 is 6.09 Å². The summed E-state index contributed by atoms with van der Waals surface area (Å²) < 4.78 is 4.21. The molecule has 0 saturated heterocycles. The predicted molar refractivity (Wildman–Crippen MR) is 67.3 cm³/mol. The summed E-state index contributed by atoms with van der Waals surface area (Å²) in [5.41, 5.74) is 4.57. The molecule has 0 atom stereocenters. The first kappa shape index (κ1) is 18.3. The van der Waals surface area contributed by atoms with E-state index in [1.54, 1.807) is 0 Å². The number of carbonyl (C=O) groups is 1. The van der Waals surface area contributed by atoms with Crippen molar-refractivity contribution in [2.75, 3.05) is 19.8 Å². The molecule has 1 amide bonds. The van der Waals surface area contributed by atoms with Crippen molar-refractivity contribution >= 4 is 6.09 Å². The summed E-state index contributed by atoms with van der Waals surface area (Å²) in [6.07, 6.45) is 0.685. The molecule has 0 bridgehead atoms. The summed E-state index contributed by atoms with van der Waals surface area (Å²) in [5.74, 6) is 1.10. The van der Waals surface area contributed by atoms with Crippen LogP contribution < -0.4 is 5.73 Å². The van der Waals surface area contributed by atoms with Crippen molar-refractivity contribution in [1.82, 2.24) is 0 Å². The molecule has 5 heteroatoms. The molecular weight excluding hydrogens is 222 g/mol. The zero-order valence-electron chi connectivity index (χ0n) is 11.3. The minimum absolute atomic E-state index is 0.190. The molecule has 102 valence electrons. The Kier molecular flexibility index (Phi) is 14.0. The van der Waals surface area contributed by atoms with E-state index in [1.807, 2.05) is 0 Å².